The lowest BCUT2D eigenvalue weighted by atomic mass is 10.2. The summed E-state index contributed by atoms with van der Waals surface area (Å²) >= 11 is 5.73. The van der Waals surface area contributed by atoms with Crippen molar-refractivity contribution in [3.8, 4) is 0 Å². The van der Waals surface area contributed by atoms with Crippen LogP contribution in [0, 0.1) is 5.82 Å². The lowest BCUT2D eigenvalue weighted by molar-refractivity contribution is -0.152. The van der Waals surface area contributed by atoms with Crippen molar-refractivity contribution < 1.29 is 23.5 Å². The first-order valence-corrected chi connectivity index (χ1v) is 8.02. The highest BCUT2D eigenvalue weighted by molar-refractivity contribution is 6.30. The molecule has 2 rings (SSSR count). The van der Waals surface area contributed by atoms with Crippen molar-refractivity contribution in [1.82, 2.24) is 5.32 Å². The van der Waals surface area contributed by atoms with Gasteiger partial charge in [0.25, 0.3) is 11.8 Å². The Labute approximate surface area is 154 Å². The monoisotopic (exact) mass is 378 g/mol. The van der Waals surface area contributed by atoms with Crippen molar-refractivity contribution in [1.29, 1.82) is 0 Å². The predicted molar refractivity (Wildman–Crippen MR) is 94.4 cm³/mol. The lowest BCUT2D eigenvalue weighted by Gasteiger charge is -2.14. The summed E-state index contributed by atoms with van der Waals surface area (Å²) in [6, 6.07) is 11.3. The molecule has 0 spiro atoms. The summed E-state index contributed by atoms with van der Waals surface area (Å²) in [7, 11) is 0. The first kappa shape index (κ1) is 19.4. The van der Waals surface area contributed by atoms with E-state index < -0.39 is 36.2 Å². The van der Waals surface area contributed by atoms with Gasteiger partial charge in [0.15, 0.2) is 6.10 Å². The maximum atomic E-state index is 12.8. The minimum Gasteiger partial charge on any atom is -0.451 e. The minimum atomic E-state index is -1.08. The summed E-state index contributed by atoms with van der Waals surface area (Å²) < 4.78 is 17.8. The maximum absolute atomic E-state index is 12.8. The summed E-state index contributed by atoms with van der Waals surface area (Å²) in [5, 5.41) is 5.36. The molecule has 8 heteroatoms. The van der Waals surface area contributed by atoms with Crippen molar-refractivity contribution in [3.63, 3.8) is 0 Å². The fourth-order valence-corrected chi connectivity index (χ4v) is 2.05. The summed E-state index contributed by atoms with van der Waals surface area (Å²) in [6.07, 6.45) is -1.08. The molecule has 0 fully saturated rings. The largest absolute Gasteiger partial charge is 0.451 e. The zero-order valence-corrected chi connectivity index (χ0v) is 14.5. The fourth-order valence-electron chi connectivity index (χ4n) is 1.93. The Kier molecular flexibility index (Phi) is 6.68. The van der Waals surface area contributed by atoms with Gasteiger partial charge in [0.1, 0.15) is 12.4 Å². The SMILES string of the molecule is C[C@@H](OC(=O)CNC(=O)c1ccc(Cl)cc1)C(=O)Nc1ccc(F)cc1. The van der Waals surface area contributed by atoms with Crippen LogP contribution in [0.1, 0.15) is 17.3 Å². The molecule has 0 bridgehead atoms. The van der Waals surface area contributed by atoms with Crippen molar-refractivity contribution in [2.75, 3.05) is 11.9 Å². The van der Waals surface area contributed by atoms with Crippen LogP contribution in [0.5, 0.6) is 0 Å². The van der Waals surface area contributed by atoms with E-state index in [1.165, 1.54) is 43.3 Å². The summed E-state index contributed by atoms with van der Waals surface area (Å²) in [6.45, 7) is 0.993. The third-order valence-electron chi connectivity index (χ3n) is 3.29. The van der Waals surface area contributed by atoms with Crippen molar-refractivity contribution in [3.05, 3.63) is 64.9 Å². The number of halogens is 2. The molecule has 0 saturated heterocycles. The van der Waals surface area contributed by atoms with E-state index in [9.17, 15) is 18.8 Å². The second kappa shape index (κ2) is 8.96. The van der Waals surface area contributed by atoms with Crippen LogP contribution in [-0.4, -0.2) is 30.4 Å². The molecule has 0 heterocycles. The number of amides is 2. The van der Waals surface area contributed by atoms with Crippen molar-refractivity contribution in [2.45, 2.75) is 13.0 Å². The highest BCUT2D eigenvalue weighted by Crippen LogP contribution is 2.10. The van der Waals surface area contributed by atoms with Crippen LogP contribution < -0.4 is 10.6 Å². The quantitative estimate of drug-likeness (QED) is 0.757. The Morgan fingerprint density at radius 3 is 2.31 bits per heavy atom. The molecule has 2 N–H and O–H groups in total. The number of ether oxygens (including phenoxy) is 1. The second-order valence-corrected chi connectivity index (χ2v) is 5.75. The molecule has 2 aromatic carbocycles. The molecule has 0 aliphatic rings. The Morgan fingerprint density at radius 1 is 1.08 bits per heavy atom. The van der Waals surface area contributed by atoms with Crippen LogP contribution >= 0.6 is 11.6 Å². The van der Waals surface area contributed by atoms with Gasteiger partial charge in [-0.15, -0.1) is 0 Å². The Morgan fingerprint density at radius 2 is 1.69 bits per heavy atom. The zero-order valence-electron chi connectivity index (χ0n) is 13.8. The van der Waals surface area contributed by atoms with Gasteiger partial charge in [-0.25, -0.2) is 4.39 Å². The van der Waals surface area contributed by atoms with Gasteiger partial charge in [-0.1, -0.05) is 11.6 Å². The molecule has 0 unspecified atom stereocenters. The molecule has 2 amide bonds. The van der Waals surface area contributed by atoms with E-state index in [1.54, 1.807) is 12.1 Å². The number of anilines is 1. The number of benzene rings is 2. The van der Waals surface area contributed by atoms with Gasteiger partial charge in [-0.2, -0.15) is 0 Å². The number of hydrogen-bond acceptors (Lipinski definition) is 4. The fraction of sp³-hybridized carbons (Fsp3) is 0.167. The van der Waals surface area contributed by atoms with Crippen LogP contribution in [-0.2, 0) is 14.3 Å². The van der Waals surface area contributed by atoms with E-state index in [0.717, 1.165) is 0 Å². The molecule has 136 valence electrons. The number of carbonyl (C=O) groups is 3. The van der Waals surface area contributed by atoms with Crippen molar-refractivity contribution >= 4 is 35.1 Å². The first-order valence-electron chi connectivity index (χ1n) is 7.65. The van der Waals surface area contributed by atoms with E-state index in [1.807, 2.05) is 0 Å². The zero-order chi connectivity index (χ0) is 19.1. The topological polar surface area (TPSA) is 84.5 Å². The van der Waals surface area contributed by atoms with Gasteiger partial charge < -0.3 is 15.4 Å². The van der Waals surface area contributed by atoms with E-state index >= 15 is 0 Å². The summed E-state index contributed by atoms with van der Waals surface area (Å²) in [4.78, 5) is 35.6. The highest BCUT2D eigenvalue weighted by Gasteiger charge is 2.18. The molecule has 26 heavy (non-hydrogen) atoms. The molecule has 0 aliphatic heterocycles. The molecule has 0 aromatic heterocycles. The van der Waals surface area contributed by atoms with Gasteiger partial charge in [0, 0.05) is 16.3 Å². The molecular weight excluding hydrogens is 363 g/mol. The highest BCUT2D eigenvalue weighted by atomic mass is 35.5. The van der Waals surface area contributed by atoms with Crippen LogP contribution in [0.2, 0.25) is 5.02 Å². The number of carbonyl (C=O) groups excluding carboxylic acids is 3. The van der Waals surface area contributed by atoms with Crippen LogP contribution in [0.25, 0.3) is 0 Å². The standard InChI is InChI=1S/C18H16ClFN2O4/c1-11(17(24)22-15-8-6-14(20)7-9-15)26-16(23)10-21-18(25)12-2-4-13(19)5-3-12/h2-9,11H,10H2,1H3,(H,21,25)(H,22,24)/t11-/m1/s1. The normalized spacial score (nSPS) is 11.3. The minimum absolute atomic E-state index is 0.337. The van der Waals surface area contributed by atoms with Crippen LogP contribution in [0.3, 0.4) is 0 Å². The molecule has 2 aromatic rings. The van der Waals surface area contributed by atoms with Crippen molar-refractivity contribution in [2.24, 2.45) is 0 Å². The van der Waals surface area contributed by atoms with E-state index in [2.05, 4.69) is 10.6 Å². The number of nitrogens with one attached hydrogen (secondary N) is 2. The van der Waals surface area contributed by atoms with E-state index in [-0.39, 0.29) is 0 Å². The molecular formula is C18H16ClFN2O4. The molecule has 0 aliphatic carbocycles. The average Bonchev–Trinajstić information content (AvgIpc) is 2.62. The molecule has 1 atom stereocenters. The Balaban J connectivity index is 1.79. The third-order valence-corrected chi connectivity index (χ3v) is 3.54. The van der Waals surface area contributed by atoms with Gasteiger partial charge >= 0.3 is 5.97 Å². The van der Waals surface area contributed by atoms with Gasteiger partial charge in [-0.3, -0.25) is 14.4 Å². The lowest BCUT2D eigenvalue weighted by Crippen LogP contribution is -2.35. The molecule has 0 saturated carbocycles. The second-order valence-electron chi connectivity index (χ2n) is 5.32. The first-order chi connectivity index (χ1) is 12.3. The van der Waals surface area contributed by atoms with E-state index in [4.69, 9.17) is 16.3 Å². The maximum Gasteiger partial charge on any atom is 0.326 e. The summed E-state index contributed by atoms with van der Waals surface area (Å²) in [5.74, 6) is -2.25. The average molecular weight is 379 g/mol. The van der Waals surface area contributed by atoms with Crippen LogP contribution in [0.4, 0.5) is 10.1 Å². The smallest absolute Gasteiger partial charge is 0.326 e. The summed E-state index contributed by atoms with van der Waals surface area (Å²) in [5.41, 5.74) is 0.708. The number of hydrogen-bond donors (Lipinski definition) is 2. The van der Waals surface area contributed by atoms with Gasteiger partial charge in [0.05, 0.1) is 0 Å². The predicted octanol–water partition coefficient (Wildman–Crippen LogP) is 2.78. The van der Waals surface area contributed by atoms with Crippen LogP contribution in [0.15, 0.2) is 48.5 Å². The molecule has 0 radical (unpaired) electrons. The number of rotatable bonds is 6. The van der Waals surface area contributed by atoms with Gasteiger partial charge in [0.2, 0.25) is 0 Å². The third kappa shape index (κ3) is 5.86. The van der Waals surface area contributed by atoms with Gasteiger partial charge in [-0.05, 0) is 55.5 Å². The molecule has 6 nitrogen and oxygen atoms in total. The Bertz CT molecular complexity index is 794. The number of esters is 1. The van der Waals surface area contributed by atoms with E-state index in [0.29, 0.717) is 16.3 Å². The Hall–Kier alpha value is -2.93.